The van der Waals surface area contributed by atoms with Gasteiger partial charge in [0.15, 0.2) is 0 Å². The average molecular weight is 286 g/mol. The predicted molar refractivity (Wildman–Crippen MR) is 79.7 cm³/mol. The molecule has 1 aromatic carbocycles. The van der Waals surface area contributed by atoms with Crippen LogP contribution in [0, 0.1) is 5.82 Å². The Morgan fingerprint density at radius 2 is 2.24 bits per heavy atom. The Balaban J connectivity index is 1.71. The van der Waals surface area contributed by atoms with Crippen LogP contribution in [0.25, 0.3) is 0 Å². The van der Waals surface area contributed by atoms with E-state index in [-0.39, 0.29) is 11.9 Å². The minimum Gasteiger partial charge on any atom is -0.361 e. The Labute approximate surface area is 123 Å². The number of hydrogen-bond acceptors (Lipinski definition) is 3. The molecule has 2 aromatic rings. The summed E-state index contributed by atoms with van der Waals surface area (Å²) in [4.78, 5) is 6.53. The molecule has 1 fully saturated rings. The summed E-state index contributed by atoms with van der Waals surface area (Å²) >= 11 is 0. The molecule has 1 unspecified atom stereocenters. The van der Waals surface area contributed by atoms with Gasteiger partial charge in [-0.1, -0.05) is 6.07 Å². The molecule has 0 radical (unpaired) electrons. The molecule has 2 heterocycles. The smallest absolute Gasteiger partial charge is 0.125 e. The molecule has 0 saturated heterocycles. The SMILES string of the molecule is NCC(c1cncn1C1CC1)N1CCc2ccc(F)cc21. The molecule has 21 heavy (non-hydrogen) atoms. The number of benzene rings is 1. The van der Waals surface area contributed by atoms with Crippen LogP contribution in [0.2, 0.25) is 0 Å². The maximum absolute atomic E-state index is 13.6. The minimum atomic E-state index is -0.188. The summed E-state index contributed by atoms with van der Waals surface area (Å²) in [5, 5.41) is 0. The number of anilines is 1. The van der Waals surface area contributed by atoms with Crippen molar-refractivity contribution in [2.45, 2.75) is 31.3 Å². The Hall–Kier alpha value is -1.88. The van der Waals surface area contributed by atoms with Crippen molar-refractivity contribution in [1.82, 2.24) is 9.55 Å². The third kappa shape index (κ3) is 2.12. The zero-order valence-corrected chi connectivity index (χ0v) is 11.9. The Kier molecular flexibility index (Phi) is 2.96. The second-order valence-electron chi connectivity index (χ2n) is 5.92. The lowest BCUT2D eigenvalue weighted by atomic mass is 10.1. The van der Waals surface area contributed by atoms with Crippen LogP contribution in [0.5, 0.6) is 0 Å². The molecule has 1 saturated carbocycles. The molecule has 5 heteroatoms. The molecular weight excluding hydrogens is 267 g/mol. The van der Waals surface area contributed by atoms with Crippen molar-refractivity contribution in [3.05, 3.63) is 47.8 Å². The van der Waals surface area contributed by atoms with E-state index in [1.54, 1.807) is 6.07 Å². The summed E-state index contributed by atoms with van der Waals surface area (Å²) < 4.78 is 15.8. The van der Waals surface area contributed by atoms with Crippen LogP contribution < -0.4 is 10.6 Å². The van der Waals surface area contributed by atoms with Crippen molar-refractivity contribution in [2.24, 2.45) is 5.73 Å². The highest BCUT2D eigenvalue weighted by Gasteiger charge is 2.32. The molecule has 1 aromatic heterocycles. The molecule has 4 rings (SSSR count). The van der Waals surface area contributed by atoms with Gasteiger partial charge < -0.3 is 15.2 Å². The largest absolute Gasteiger partial charge is 0.361 e. The second-order valence-corrected chi connectivity index (χ2v) is 5.92. The fraction of sp³-hybridized carbons (Fsp3) is 0.438. The van der Waals surface area contributed by atoms with E-state index < -0.39 is 0 Å². The molecule has 0 spiro atoms. The molecule has 1 aliphatic heterocycles. The molecule has 4 nitrogen and oxygen atoms in total. The van der Waals surface area contributed by atoms with E-state index in [2.05, 4.69) is 14.5 Å². The molecule has 1 aliphatic carbocycles. The van der Waals surface area contributed by atoms with Gasteiger partial charge in [0.05, 0.1) is 24.3 Å². The van der Waals surface area contributed by atoms with Crippen molar-refractivity contribution in [3.8, 4) is 0 Å². The number of halogens is 1. The Morgan fingerprint density at radius 1 is 1.38 bits per heavy atom. The van der Waals surface area contributed by atoms with Crippen LogP contribution >= 0.6 is 0 Å². The lowest BCUT2D eigenvalue weighted by molar-refractivity contribution is 0.577. The molecular formula is C16H19FN4. The first-order valence-electron chi connectivity index (χ1n) is 7.55. The van der Waals surface area contributed by atoms with Gasteiger partial charge in [0, 0.05) is 24.8 Å². The molecule has 1 atom stereocenters. The zero-order valence-electron chi connectivity index (χ0n) is 11.9. The van der Waals surface area contributed by atoms with E-state index >= 15 is 0 Å². The van der Waals surface area contributed by atoms with Crippen LogP contribution in [0.3, 0.4) is 0 Å². The van der Waals surface area contributed by atoms with Gasteiger partial charge in [-0.3, -0.25) is 0 Å². The highest BCUT2D eigenvalue weighted by molar-refractivity contribution is 5.59. The van der Waals surface area contributed by atoms with E-state index in [9.17, 15) is 4.39 Å². The van der Waals surface area contributed by atoms with Crippen LogP contribution in [0.1, 0.15) is 36.2 Å². The normalized spacial score (nSPS) is 18.9. The average Bonchev–Trinajstić information content (AvgIpc) is 3.08. The zero-order chi connectivity index (χ0) is 14.4. The number of hydrogen-bond donors (Lipinski definition) is 1. The van der Waals surface area contributed by atoms with Gasteiger partial charge in [0.1, 0.15) is 5.82 Å². The number of nitrogens with two attached hydrogens (primary N) is 1. The fourth-order valence-corrected chi connectivity index (χ4v) is 3.34. The summed E-state index contributed by atoms with van der Waals surface area (Å²) in [5.41, 5.74) is 9.38. The maximum Gasteiger partial charge on any atom is 0.125 e. The number of fused-ring (bicyclic) bond motifs is 1. The molecule has 2 N–H and O–H groups in total. The minimum absolute atomic E-state index is 0.0659. The van der Waals surface area contributed by atoms with Gasteiger partial charge in [-0.2, -0.15) is 0 Å². The van der Waals surface area contributed by atoms with Crippen molar-refractivity contribution in [2.75, 3.05) is 18.0 Å². The Bertz CT molecular complexity index is 662. The highest BCUT2D eigenvalue weighted by atomic mass is 19.1. The summed E-state index contributed by atoms with van der Waals surface area (Å²) in [6.45, 7) is 1.39. The summed E-state index contributed by atoms with van der Waals surface area (Å²) in [7, 11) is 0. The topological polar surface area (TPSA) is 47.1 Å². The number of nitrogens with zero attached hydrogens (tertiary/aromatic N) is 3. The summed E-state index contributed by atoms with van der Waals surface area (Å²) in [5.74, 6) is -0.188. The molecule has 2 aliphatic rings. The van der Waals surface area contributed by atoms with Crippen molar-refractivity contribution in [3.63, 3.8) is 0 Å². The van der Waals surface area contributed by atoms with E-state index in [1.165, 1.54) is 24.5 Å². The lowest BCUT2D eigenvalue weighted by Crippen LogP contribution is -2.33. The Morgan fingerprint density at radius 3 is 3.00 bits per heavy atom. The standard InChI is InChI=1S/C16H19FN4/c17-12-2-1-11-5-6-20(14(11)7-12)15(8-18)16-9-19-10-21(16)13-3-4-13/h1-2,7,9-10,13,15H,3-6,8,18H2. The van der Waals surface area contributed by atoms with Gasteiger partial charge in [-0.05, 0) is 37.0 Å². The quantitative estimate of drug-likeness (QED) is 0.939. The third-order valence-corrected chi connectivity index (χ3v) is 4.56. The number of rotatable bonds is 4. The van der Waals surface area contributed by atoms with E-state index in [1.807, 2.05) is 18.6 Å². The van der Waals surface area contributed by atoms with Crippen molar-refractivity contribution < 1.29 is 4.39 Å². The van der Waals surface area contributed by atoms with Crippen molar-refractivity contribution >= 4 is 5.69 Å². The molecule has 0 amide bonds. The van der Waals surface area contributed by atoms with E-state index in [4.69, 9.17) is 5.73 Å². The van der Waals surface area contributed by atoms with E-state index in [0.717, 1.165) is 24.3 Å². The highest BCUT2D eigenvalue weighted by Crippen LogP contribution is 2.40. The monoisotopic (exact) mass is 286 g/mol. The van der Waals surface area contributed by atoms with Crippen LogP contribution in [-0.2, 0) is 6.42 Å². The van der Waals surface area contributed by atoms with Gasteiger partial charge in [0.25, 0.3) is 0 Å². The third-order valence-electron chi connectivity index (χ3n) is 4.56. The number of aromatic nitrogens is 2. The first-order valence-corrected chi connectivity index (χ1v) is 7.55. The molecule has 110 valence electrons. The van der Waals surface area contributed by atoms with Crippen LogP contribution in [0.15, 0.2) is 30.7 Å². The van der Waals surface area contributed by atoms with E-state index in [0.29, 0.717) is 12.6 Å². The van der Waals surface area contributed by atoms with Gasteiger partial charge in [-0.15, -0.1) is 0 Å². The van der Waals surface area contributed by atoms with Gasteiger partial charge in [-0.25, -0.2) is 9.37 Å². The first kappa shape index (κ1) is 12.8. The second kappa shape index (κ2) is 4.84. The number of imidazole rings is 1. The van der Waals surface area contributed by atoms with Crippen molar-refractivity contribution in [1.29, 1.82) is 0 Å². The summed E-state index contributed by atoms with van der Waals surface area (Å²) in [6, 6.07) is 5.69. The fourth-order valence-electron chi connectivity index (χ4n) is 3.34. The molecule has 0 bridgehead atoms. The van der Waals surface area contributed by atoms with Gasteiger partial charge >= 0.3 is 0 Å². The van der Waals surface area contributed by atoms with Crippen LogP contribution in [-0.4, -0.2) is 22.6 Å². The lowest BCUT2D eigenvalue weighted by Gasteiger charge is -2.30. The first-order chi connectivity index (χ1) is 10.3. The van der Waals surface area contributed by atoms with Gasteiger partial charge in [0.2, 0.25) is 0 Å². The predicted octanol–water partition coefficient (Wildman–Crippen LogP) is 2.42. The maximum atomic E-state index is 13.6. The van der Waals surface area contributed by atoms with Crippen LogP contribution in [0.4, 0.5) is 10.1 Å². The summed E-state index contributed by atoms with van der Waals surface area (Å²) in [6.07, 6.45) is 7.19.